The topological polar surface area (TPSA) is 85.3 Å². The molecule has 5 nitrogen and oxygen atoms in total. The summed E-state index contributed by atoms with van der Waals surface area (Å²) in [7, 11) is -3.35. The van der Waals surface area contributed by atoms with Gasteiger partial charge in [0, 0.05) is 6.54 Å². The molecular weight excluding hydrogens is 228 g/mol. The van der Waals surface area contributed by atoms with Crippen molar-refractivity contribution in [3.8, 4) is 0 Å². The van der Waals surface area contributed by atoms with Crippen molar-refractivity contribution >= 4 is 10.0 Å². The lowest BCUT2D eigenvalue weighted by Crippen LogP contribution is -2.38. The van der Waals surface area contributed by atoms with Crippen LogP contribution in [0, 0.1) is 6.92 Å². The van der Waals surface area contributed by atoms with Crippen LogP contribution < -0.4 is 10.5 Å². The SMILES string of the molecule is CCC(CN)S(=O)(=O)NCc1ccc(C)o1. The third-order valence-corrected chi connectivity index (χ3v) is 4.35. The Morgan fingerprint density at radius 3 is 2.62 bits per heavy atom. The van der Waals surface area contributed by atoms with Gasteiger partial charge >= 0.3 is 0 Å². The highest BCUT2D eigenvalue weighted by Crippen LogP contribution is 2.08. The summed E-state index contributed by atoms with van der Waals surface area (Å²) >= 11 is 0. The van der Waals surface area contributed by atoms with Crippen LogP contribution in [0.3, 0.4) is 0 Å². The molecule has 0 saturated heterocycles. The average Bonchev–Trinajstić information content (AvgIpc) is 2.63. The summed E-state index contributed by atoms with van der Waals surface area (Å²) in [5.74, 6) is 1.37. The fourth-order valence-electron chi connectivity index (χ4n) is 1.38. The van der Waals surface area contributed by atoms with E-state index in [1.54, 1.807) is 19.1 Å². The molecule has 0 amide bonds. The first-order valence-corrected chi connectivity index (χ1v) is 6.78. The summed E-state index contributed by atoms with van der Waals surface area (Å²) in [4.78, 5) is 0. The second-order valence-electron chi connectivity index (χ2n) is 3.64. The van der Waals surface area contributed by atoms with Crippen molar-refractivity contribution in [2.45, 2.75) is 32.1 Å². The van der Waals surface area contributed by atoms with Crippen LogP contribution in [0.15, 0.2) is 16.5 Å². The van der Waals surface area contributed by atoms with E-state index in [1.165, 1.54) is 0 Å². The Kier molecular flexibility index (Phi) is 4.52. The zero-order chi connectivity index (χ0) is 12.2. The molecule has 1 unspecified atom stereocenters. The maximum absolute atomic E-state index is 11.7. The van der Waals surface area contributed by atoms with Gasteiger partial charge in [0.15, 0.2) is 0 Å². The molecule has 1 atom stereocenters. The maximum Gasteiger partial charge on any atom is 0.216 e. The molecule has 0 aliphatic heterocycles. The van der Waals surface area contributed by atoms with Crippen LogP contribution in [-0.2, 0) is 16.6 Å². The van der Waals surface area contributed by atoms with Crippen molar-refractivity contribution < 1.29 is 12.8 Å². The van der Waals surface area contributed by atoms with E-state index < -0.39 is 15.3 Å². The van der Waals surface area contributed by atoms with Crippen LogP contribution in [0.2, 0.25) is 0 Å². The lowest BCUT2D eigenvalue weighted by molar-refractivity contribution is 0.473. The van der Waals surface area contributed by atoms with E-state index in [9.17, 15) is 8.42 Å². The quantitative estimate of drug-likeness (QED) is 0.775. The highest BCUT2D eigenvalue weighted by molar-refractivity contribution is 7.90. The van der Waals surface area contributed by atoms with Gasteiger partial charge in [0.1, 0.15) is 11.5 Å². The normalized spacial score (nSPS) is 13.9. The molecular formula is C10H18N2O3S. The zero-order valence-electron chi connectivity index (χ0n) is 9.56. The number of rotatable bonds is 6. The summed E-state index contributed by atoms with van der Waals surface area (Å²) in [5.41, 5.74) is 5.40. The first kappa shape index (κ1) is 13.2. The molecule has 0 fully saturated rings. The van der Waals surface area contributed by atoms with E-state index in [4.69, 9.17) is 10.2 Å². The third kappa shape index (κ3) is 3.33. The Morgan fingerprint density at radius 1 is 1.50 bits per heavy atom. The van der Waals surface area contributed by atoms with Gasteiger partial charge in [-0.25, -0.2) is 13.1 Å². The molecule has 1 aromatic heterocycles. The van der Waals surface area contributed by atoms with Gasteiger partial charge in [-0.3, -0.25) is 0 Å². The lowest BCUT2D eigenvalue weighted by atomic mass is 10.3. The Balaban J connectivity index is 2.60. The Morgan fingerprint density at radius 2 is 2.19 bits per heavy atom. The predicted molar refractivity (Wildman–Crippen MR) is 62.3 cm³/mol. The first-order chi connectivity index (χ1) is 7.49. The summed E-state index contributed by atoms with van der Waals surface area (Å²) < 4.78 is 31.2. The van der Waals surface area contributed by atoms with Gasteiger partial charge in [-0.15, -0.1) is 0 Å². The molecule has 0 aliphatic rings. The molecule has 6 heteroatoms. The van der Waals surface area contributed by atoms with Crippen molar-refractivity contribution in [1.29, 1.82) is 0 Å². The van der Waals surface area contributed by atoms with E-state index in [1.807, 2.05) is 6.92 Å². The van der Waals surface area contributed by atoms with Crippen molar-refractivity contribution in [1.82, 2.24) is 4.72 Å². The second-order valence-corrected chi connectivity index (χ2v) is 5.69. The number of nitrogens with one attached hydrogen (secondary N) is 1. The minimum absolute atomic E-state index is 0.128. The number of hydrogen-bond acceptors (Lipinski definition) is 4. The van der Waals surface area contributed by atoms with Crippen LogP contribution in [0.5, 0.6) is 0 Å². The third-order valence-electron chi connectivity index (χ3n) is 2.40. The standard InChI is InChI=1S/C10H18N2O3S/c1-3-10(6-11)16(13,14)12-7-9-5-4-8(2)15-9/h4-5,10,12H,3,6-7,11H2,1-2H3. The van der Waals surface area contributed by atoms with E-state index in [0.29, 0.717) is 12.2 Å². The number of hydrogen-bond donors (Lipinski definition) is 2. The van der Waals surface area contributed by atoms with Gasteiger partial charge in [-0.2, -0.15) is 0 Å². The number of furan rings is 1. The van der Waals surface area contributed by atoms with Crippen LogP contribution in [0.25, 0.3) is 0 Å². The summed E-state index contributed by atoms with van der Waals surface area (Å²) in [6.45, 7) is 3.91. The monoisotopic (exact) mass is 246 g/mol. The summed E-state index contributed by atoms with van der Waals surface area (Å²) in [5, 5.41) is -0.538. The van der Waals surface area contributed by atoms with Gasteiger partial charge in [0.05, 0.1) is 11.8 Å². The van der Waals surface area contributed by atoms with Gasteiger partial charge in [0.25, 0.3) is 0 Å². The summed E-state index contributed by atoms with van der Waals surface area (Å²) in [6, 6.07) is 3.55. The molecule has 3 N–H and O–H groups in total. The van der Waals surface area contributed by atoms with Gasteiger partial charge in [0.2, 0.25) is 10.0 Å². The minimum atomic E-state index is -3.35. The molecule has 0 radical (unpaired) electrons. The van der Waals surface area contributed by atoms with Crippen LogP contribution in [0.4, 0.5) is 0 Å². The van der Waals surface area contributed by atoms with Crippen LogP contribution >= 0.6 is 0 Å². The average molecular weight is 246 g/mol. The molecule has 0 aliphatic carbocycles. The molecule has 92 valence electrons. The second kappa shape index (κ2) is 5.47. The Labute approximate surface area is 96.1 Å². The molecule has 0 bridgehead atoms. The lowest BCUT2D eigenvalue weighted by Gasteiger charge is -2.13. The molecule has 0 spiro atoms. The van der Waals surface area contributed by atoms with Gasteiger partial charge in [-0.1, -0.05) is 6.92 Å². The van der Waals surface area contributed by atoms with Gasteiger partial charge in [-0.05, 0) is 25.5 Å². The number of aryl methyl sites for hydroxylation is 1. The van der Waals surface area contributed by atoms with Crippen molar-refractivity contribution in [3.05, 3.63) is 23.7 Å². The Bertz CT molecular complexity index is 421. The predicted octanol–water partition coefficient (Wildman–Crippen LogP) is 0.745. The fraction of sp³-hybridized carbons (Fsp3) is 0.600. The van der Waals surface area contributed by atoms with Crippen molar-refractivity contribution in [3.63, 3.8) is 0 Å². The van der Waals surface area contributed by atoms with Crippen LogP contribution in [-0.4, -0.2) is 20.2 Å². The molecule has 1 heterocycles. The maximum atomic E-state index is 11.7. The largest absolute Gasteiger partial charge is 0.465 e. The fourth-order valence-corrected chi connectivity index (χ4v) is 2.65. The molecule has 0 saturated carbocycles. The summed E-state index contributed by atoms with van der Waals surface area (Å²) in [6.07, 6.45) is 0.503. The smallest absolute Gasteiger partial charge is 0.216 e. The van der Waals surface area contributed by atoms with E-state index in [0.717, 1.165) is 5.76 Å². The number of nitrogens with two attached hydrogens (primary N) is 1. The van der Waals surface area contributed by atoms with E-state index in [-0.39, 0.29) is 13.1 Å². The van der Waals surface area contributed by atoms with Gasteiger partial charge < -0.3 is 10.2 Å². The Hall–Kier alpha value is -0.850. The minimum Gasteiger partial charge on any atom is -0.465 e. The highest BCUT2D eigenvalue weighted by atomic mass is 32.2. The zero-order valence-corrected chi connectivity index (χ0v) is 10.4. The highest BCUT2D eigenvalue weighted by Gasteiger charge is 2.21. The van der Waals surface area contributed by atoms with E-state index in [2.05, 4.69) is 4.72 Å². The number of sulfonamides is 1. The van der Waals surface area contributed by atoms with E-state index >= 15 is 0 Å². The van der Waals surface area contributed by atoms with Crippen molar-refractivity contribution in [2.24, 2.45) is 5.73 Å². The first-order valence-electron chi connectivity index (χ1n) is 5.23. The molecule has 0 aromatic carbocycles. The molecule has 16 heavy (non-hydrogen) atoms. The van der Waals surface area contributed by atoms with Crippen LogP contribution in [0.1, 0.15) is 24.9 Å². The molecule has 1 aromatic rings. The molecule has 1 rings (SSSR count). The van der Waals surface area contributed by atoms with Crippen molar-refractivity contribution in [2.75, 3.05) is 6.54 Å².